The predicted octanol–water partition coefficient (Wildman–Crippen LogP) is 1.31. The molecule has 0 unspecified atom stereocenters. The van der Waals surface area contributed by atoms with E-state index < -0.39 is 0 Å². The summed E-state index contributed by atoms with van der Waals surface area (Å²) in [6, 6.07) is 0. The van der Waals surface area contributed by atoms with Crippen LogP contribution in [0.15, 0.2) is 4.42 Å². The van der Waals surface area contributed by atoms with Crippen molar-refractivity contribution in [3.8, 4) is 0 Å². The Labute approximate surface area is 69.6 Å². The van der Waals surface area contributed by atoms with Crippen molar-refractivity contribution in [2.24, 2.45) is 0 Å². The summed E-state index contributed by atoms with van der Waals surface area (Å²) in [5.74, 6) is 0.600. The van der Waals surface area contributed by atoms with Crippen molar-refractivity contribution in [2.45, 2.75) is 13.3 Å². The van der Waals surface area contributed by atoms with Gasteiger partial charge in [-0.15, -0.1) is 5.10 Å². The van der Waals surface area contributed by atoms with Gasteiger partial charge in [-0.25, -0.2) is 5.10 Å². The van der Waals surface area contributed by atoms with Crippen molar-refractivity contribution in [1.29, 1.82) is 0 Å². The second kappa shape index (κ2) is 4.25. The molecule has 0 aliphatic carbocycles. The summed E-state index contributed by atoms with van der Waals surface area (Å²) in [5.41, 5.74) is 0. The molecule has 0 atom stereocenters. The van der Waals surface area contributed by atoms with E-state index in [-0.39, 0.29) is 0 Å². The molecule has 0 fully saturated rings. The third kappa shape index (κ3) is 2.81. The summed E-state index contributed by atoms with van der Waals surface area (Å²) in [4.78, 5) is 0.316. The molecule has 11 heavy (non-hydrogen) atoms. The fourth-order valence-electron chi connectivity index (χ4n) is 0.671. The van der Waals surface area contributed by atoms with E-state index in [1.165, 1.54) is 0 Å². The van der Waals surface area contributed by atoms with Gasteiger partial charge in [-0.1, -0.05) is 0 Å². The molecule has 5 heteroatoms. The Kier molecular flexibility index (Phi) is 3.25. The van der Waals surface area contributed by atoms with Gasteiger partial charge in [-0.05, 0) is 19.1 Å². The Morgan fingerprint density at radius 3 is 3.09 bits per heavy atom. The lowest BCUT2D eigenvalue weighted by molar-refractivity contribution is 0.145. The molecule has 1 heterocycles. The number of rotatable bonds is 4. The minimum Gasteiger partial charge on any atom is -0.414 e. The van der Waals surface area contributed by atoms with E-state index in [4.69, 9.17) is 9.15 Å². The van der Waals surface area contributed by atoms with Gasteiger partial charge in [0.25, 0.3) is 4.84 Å². The average molecular weight is 174 g/mol. The Balaban J connectivity index is 2.33. The molecule has 1 aromatic rings. The fraction of sp³-hybridized carbons (Fsp3) is 0.667. The number of aromatic nitrogens is 2. The molecule has 0 spiro atoms. The second-order valence-electron chi connectivity index (χ2n) is 1.95. The zero-order valence-corrected chi connectivity index (χ0v) is 7.11. The summed E-state index contributed by atoms with van der Waals surface area (Å²) >= 11 is 4.69. The zero-order valence-electron chi connectivity index (χ0n) is 6.29. The van der Waals surface area contributed by atoms with Crippen LogP contribution < -0.4 is 0 Å². The van der Waals surface area contributed by atoms with Crippen molar-refractivity contribution in [3.05, 3.63) is 10.7 Å². The highest BCUT2D eigenvalue weighted by atomic mass is 32.1. The summed E-state index contributed by atoms with van der Waals surface area (Å²) in [5, 5.41) is 6.35. The van der Waals surface area contributed by atoms with Gasteiger partial charge in [0, 0.05) is 13.0 Å². The van der Waals surface area contributed by atoms with Gasteiger partial charge in [0.2, 0.25) is 5.89 Å². The monoisotopic (exact) mass is 174 g/mol. The van der Waals surface area contributed by atoms with E-state index in [2.05, 4.69) is 22.4 Å². The fourth-order valence-corrected chi connectivity index (χ4v) is 0.813. The maximum Gasteiger partial charge on any atom is 0.284 e. The minimum atomic E-state index is 0.316. The molecule has 4 nitrogen and oxygen atoms in total. The van der Waals surface area contributed by atoms with Crippen LogP contribution in [0.5, 0.6) is 0 Å². The second-order valence-corrected chi connectivity index (χ2v) is 2.32. The smallest absolute Gasteiger partial charge is 0.284 e. The van der Waals surface area contributed by atoms with Gasteiger partial charge in [0.15, 0.2) is 0 Å². The van der Waals surface area contributed by atoms with Crippen LogP contribution in [0.1, 0.15) is 12.8 Å². The maximum atomic E-state index is 5.10. The van der Waals surface area contributed by atoms with Gasteiger partial charge in [0.1, 0.15) is 0 Å². The van der Waals surface area contributed by atoms with Crippen molar-refractivity contribution in [1.82, 2.24) is 10.2 Å². The van der Waals surface area contributed by atoms with Gasteiger partial charge in [-0.3, -0.25) is 0 Å². The minimum absolute atomic E-state index is 0.316. The number of hydrogen-bond donors (Lipinski definition) is 1. The molecule has 0 bridgehead atoms. The predicted molar refractivity (Wildman–Crippen MR) is 41.9 cm³/mol. The van der Waals surface area contributed by atoms with Crippen LogP contribution >= 0.6 is 12.2 Å². The summed E-state index contributed by atoms with van der Waals surface area (Å²) in [7, 11) is 0. The number of nitrogens with zero attached hydrogens (tertiary/aromatic N) is 1. The third-order valence-corrected chi connectivity index (χ3v) is 1.32. The molecular formula is C6H10N2O2S. The van der Waals surface area contributed by atoms with Crippen LogP contribution in [0, 0.1) is 4.84 Å². The maximum absolute atomic E-state index is 5.10. The number of hydrogen-bond acceptors (Lipinski definition) is 4. The van der Waals surface area contributed by atoms with Crippen LogP contribution in [0.4, 0.5) is 0 Å². The van der Waals surface area contributed by atoms with Gasteiger partial charge < -0.3 is 9.15 Å². The first-order valence-electron chi connectivity index (χ1n) is 3.45. The molecule has 0 radical (unpaired) electrons. The highest BCUT2D eigenvalue weighted by Crippen LogP contribution is 1.95. The molecule has 0 saturated carbocycles. The van der Waals surface area contributed by atoms with Crippen LogP contribution in [-0.2, 0) is 11.2 Å². The number of nitrogens with one attached hydrogen (secondary N) is 1. The Hall–Kier alpha value is -0.680. The summed E-state index contributed by atoms with van der Waals surface area (Å²) < 4.78 is 10.1. The summed E-state index contributed by atoms with van der Waals surface area (Å²) in [6.45, 7) is 3.28. The Bertz CT molecular complexity index is 255. The highest BCUT2D eigenvalue weighted by molar-refractivity contribution is 7.71. The van der Waals surface area contributed by atoms with Gasteiger partial charge in [0.05, 0.1) is 6.61 Å². The van der Waals surface area contributed by atoms with Crippen molar-refractivity contribution < 1.29 is 9.15 Å². The Morgan fingerprint density at radius 1 is 1.73 bits per heavy atom. The van der Waals surface area contributed by atoms with E-state index in [0.717, 1.165) is 0 Å². The SMILES string of the molecule is CCOCCc1n[nH]c(=S)o1. The highest BCUT2D eigenvalue weighted by Gasteiger charge is 1.97. The lowest BCUT2D eigenvalue weighted by Crippen LogP contribution is -1.97. The lowest BCUT2D eigenvalue weighted by Gasteiger charge is -1.94. The first-order valence-corrected chi connectivity index (χ1v) is 3.86. The standard InChI is InChI=1S/C6H10N2O2S/c1-2-9-4-3-5-7-8-6(11)10-5/h2-4H2,1H3,(H,8,11). The first-order chi connectivity index (χ1) is 5.33. The van der Waals surface area contributed by atoms with Gasteiger partial charge in [-0.2, -0.15) is 0 Å². The van der Waals surface area contributed by atoms with Crippen LogP contribution in [0.2, 0.25) is 0 Å². The molecule has 1 aromatic heterocycles. The van der Waals surface area contributed by atoms with E-state index >= 15 is 0 Å². The largest absolute Gasteiger partial charge is 0.414 e. The quantitative estimate of drug-likeness (QED) is 0.552. The zero-order chi connectivity index (χ0) is 8.10. The van der Waals surface area contributed by atoms with E-state index in [9.17, 15) is 0 Å². The normalized spacial score (nSPS) is 10.3. The molecule has 1 rings (SSSR count). The van der Waals surface area contributed by atoms with E-state index in [0.29, 0.717) is 30.4 Å². The molecule has 1 N–H and O–H groups in total. The van der Waals surface area contributed by atoms with Crippen molar-refractivity contribution >= 4 is 12.2 Å². The van der Waals surface area contributed by atoms with Crippen molar-refractivity contribution in [3.63, 3.8) is 0 Å². The molecule has 0 aliphatic rings. The van der Waals surface area contributed by atoms with E-state index in [1.54, 1.807) is 0 Å². The number of ether oxygens (including phenoxy) is 1. The molecule has 0 aromatic carbocycles. The average Bonchev–Trinajstić information content (AvgIpc) is 2.37. The topological polar surface area (TPSA) is 51.0 Å². The van der Waals surface area contributed by atoms with E-state index in [1.807, 2.05) is 6.92 Å². The number of H-pyrrole nitrogens is 1. The van der Waals surface area contributed by atoms with Crippen LogP contribution in [-0.4, -0.2) is 23.4 Å². The molecule has 0 aliphatic heterocycles. The number of aromatic amines is 1. The van der Waals surface area contributed by atoms with Crippen LogP contribution in [0.3, 0.4) is 0 Å². The van der Waals surface area contributed by atoms with Gasteiger partial charge >= 0.3 is 0 Å². The Morgan fingerprint density at radius 2 is 2.55 bits per heavy atom. The van der Waals surface area contributed by atoms with Crippen LogP contribution in [0.25, 0.3) is 0 Å². The third-order valence-electron chi connectivity index (χ3n) is 1.15. The molecule has 62 valence electrons. The molecular weight excluding hydrogens is 164 g/mol. The lowest BCUT2D eigenvalue weighted by atomic mass is 10.5. The summed E-state index contributed by atoms with van der Waals surface area (Å²) in [6.07, 6.45) is 0.668. The van der Waals surface area contributed by atoms with Crippen molar-refractivity contribution in [2.75, 3.05) is 13.2 Å². The first kappa shape index (κ1) is 8.42. The molecule has 0 saturated heterocycles. The molecule has 0 amide bonds.